The highest BCUT2D eigenvalue weighted by Gasteiger charge is 2.21. The largest absolute Gasteiger partial charge is 0.353 e. The molecule has 0 heterocycles. The molecule has 1 rings (SSSR count). The van der Waals surface area contributed by atoms with Crippen molar-refractivity contribution in [2.75, 3.05) is 6.54 Å². The predicted molar refractivity (Wildman–Crippen MR) is 59.4 cm³/mol. The lowest BCUT2D eigenvalue weighted by molar-refractivity contribution is -0.123. The van der Waals surface area contributed by atoms with Crippen molar-refractivity contribution in [2.24, 2.45) is 5.92 Å². The summed E-state index contributed by atoms with van der Waals surface area (Å²) in [5, 5.41) is 2.67. The summed E-state index contributed by atoms with van der Waals surface area (Å²) in [7, 11) is 0. The van der Waals surface area contributed by atoms with Crippen LogP contribution in [0.15, 0.2) is 12.7 Å². The van der Waals surface area contributed by atoms with Crippen molar-refractivity contribution >= 4 is 11.7 Å². The molecule has 3 heteroatoms. The summed E-state index contributed by atoms with van der Waals surface area (Å²) in [6, 6.07) is 0. The summed E-state index contributed by atoms with van der Waals surface area (Å²) in [6.07, 6.45) is 7.12. The quantitative estimate of drug-likeness (QED) is 0.536. The Morgan fingerprint density at radius 2 is 2.00 bits per heavy atom. The topological polar surface area (TPSA) is 46.2 Å². The highest BCUT2D eigenvalue weighted by atomic mass is 16.1. The van der Waals surface area contributed by atoms with Gasteiger partial charge in [-0.25, -0.2) is 0 Å². The Bertz CT molecular complexity index is 242. The molecule has 3 nitrogen and oxygen atoms in total. The molecule has 0 radical (unpaired) electrons. The van der Waals surface area contributed by atoms with Gasteiger partial charge in [0.05, 0.1) is 0 Å². The van der Waals surface area contributed by atoms with Crippen molar-refractivity contribution in [3.05, 3.63) is 12.7 Å². The lowest BCUT2D eigenvalue weighted by Crippen LogP contribution is -2.23. The van der Waals surface area contributed by atoms with Crippen LogP contribution in [-0.2, 0) is 9.59 Å². The molecule has 0 aliphatic heterocycles. The first-order valence-electron chi connectivity index (χ1n) is 5.67. The Morgan fingerprint density at radius 1 is 1.33 bits per heavy atom. The molecule has 0 aromatic carbocycles. The molecule has 1 aliphatic rings. The van der Waals surface area contributed by atoms with Crippen LogP contribution >= 0.6 is 0 Å². The van der Waals surface area contributed by atoms with Crippen LogP contribution in [-0.4, -0.2) is 18.2 Å². The zero-order valence-electron chi connectivity index (χ0n) is 9.13. The third kappa shape index (κ3) is 4.28. The van der Waals surface area contributed by atoms with E-state index < -0.39 is 0 Å². The van der Waals surface area contributed by atoms with E-state index >= 15 is 0 Å². The van der Waals surface area contributed by atoms with Gasteiger partial charge in [0, 0.05) is 18.9 Å². The number of carbonyl (C=O) groups is 2. The van der Waals surface area contributed by atoms with Crippen LogP contribution in [0, 0.1) is 5.92 Å². The van der Waals surface area contributed by atoms with E-state index in [0.717, 1.165) is 19.3 Å². The SMILES string of the molecule is C=CC(=O)NCCCC(=O)C1CCCC1. The number of hydrogen-bond donors (Lipinski definition) is 1. The van der Waals surface area contributed by atoms with Crippen molar-refractivity contribution < 1.29 is 9.59 Å². The van der Waals surface area contributed by atoms with Gasteiger partial charge in [0.25, 0.3) is 0 Å². The molecule has 1 amide bonds. The first kappa shape index (κ1) is 12.0. The van der Waals surface area contributed by atoms with Crippen LogP contribution < -0.4 is 5.32 Å². The van der Waals surface area contributed by atoms with Crippen LogP contribution in [0.3, 0.4) is 0 Å². The van der Waals surface area contributed by atoms with Crippen LogP contribution in [0.2, 0.25) is 0 Å². The van der Waals surface area contributed by atoms with Crippen molar-refractivity contribution in [2.45, 2.75) is 38.5 Å². The predicted octanol–water partition coefficient (Wildman–Crippen LogP) is 1.83. The third-order valence-corrected chi connectivity index (χ3v) is 2.90. The number of amides is 1. The maximum absolute atomic E-state index is 11.6. The maximum Gasteiger partial charge on any atom is 0.243 e. The van der Waals surface area contributed by atoms with Gasteiger partial charge < -0.3 is 5.32 Å². The fourth-order valence-corrected chi connectivity index (χ4v) is 2.00. The first-order chi connectivity index (χ1) is 7.24. The second-order valence-corrected chi connectivity index (χ2v) is 4.05. The van der Waals surface area contributed by atoms with Gasteiger partial charge >= 0.3 is 0 Å². The van der Waals surface area contributed by atoms with Crippen LogP contribution in [0.1, 0.15) is 38.5 Å². The molecule has 0 aromatic heterocycles. The molecule has 0 atom stereocenters. The Balaban J connectivity index is 2.06. The van der Waals surface area contributed by atoms with Gasteiger partial charge in [0.15, 0.2) is 0 Å². The van der Waals surface area contributed by atoms with Crippen LogP contribution in [0.4, 0.5) is 0 Å². The number of nitrogens with one attached hydrogen (secondary N) is 1. The molecule has 1 saturated carbocycles. The third-order valence-electron chi connectivity index (χ3n) is 2.90. The summed E-state index contributed by atoms with van der Waals surface area (Å²) < 4.78 is 0. The molecular formula is C12H19NO2. The standard InChI is InChI=1S/C12H19NO2/c1-2-12(15)13-9-5-8-11(14)10-6-3-4-7-10/h2,10H,1,3-9H2,(H,13,15). The monoisotopic (exact) mass is 209 g/mol. The average Bonchev–Trinajstić information content (AvgIpc) is 2.77. The fraction of sp³-hybridized carbons (Fsp3) is 0.667. The van der Waals surface area contributed by atoms with E-state index in [-0.39, 0.29) is 5.91 Å². The normalized spacial score (nSPS) is 16.3. The number of carbonyl (C=O) groups excluding carboxylic acids is 2. The second kappa shape index (κ2) is 6.38. The van der Waals surface area contributed by atoms with E-state index in [1.807, 2.05) is 0 Å². The lowest BCUT2D eigenvalue weighted by atomic mass is 9.99. The van der Waals surface area contributed by atoms with Crippen molar-refractivity contribution in [1.82, 2.24) is 5.32 Å². The summed E-state index contributed by atoms with van der Waals surface area (Å²) in [6.45, 7) is 3.93. The van der Waals surface area contributed by atoms with Gasteiger partial charge in [-0.05, 0) is 25.3 Å². The Hall–Kier alpha value is -1.12. The van der Waals surface area contributed by atoms with Crippen LogP contribution in [0.25, 0.3) is 0 Å². The van der Waals surface area contributed by atoms with E-state index in [1.54, 1.807) is 0 Å². The second-order valence-electron chi connectivity index (χ2n) is 4.05. The van der Waals surface area contributed by atoms with E-state index in [9.17, 15) is 9.59 Å². The zero-order chi connectivity index (χ0) is 11.1. The molecule has 0 aromatic rings. The molecule has 0 saturated heterocycles. The highest BCUT2D eigenvalue weighted by molar-refractivity contribution is 5.86. The van der Waals surface area contributed by atoms with Gasteiger partial charge in [0.2, 0.25) is 5.91 Å². The number of ketones is 1. The van der Waals surface area contributed by atoms with Crippen molar-refractivity contribution in [3.63, 3.8) is 0 Å². The molecule has 0 unspecified atom stereocenters. The minimum Gasteiger partial charge on any atom is -0.353 e. The molecule has 1 aliphatic carbocycles. The van der Waals surface area contributed by atoms with E-state index in [2.05, 4.69) is 11.9 Å². The first-order valence-corrected chi connectivity index (χ1v) is 5.67. The highest BCUT2D eigenvalue weighted by Crippen LogP contribution is 2.26. The maximum atomic E-state index is 11.6. The Labute approximate surface area is 90.9 Å². The van der Waals surface area contributed by atoms with Crippen molar-refractivity contribution in [1.29, 1.82) is 0 Å². The number of rotatable bonds is 6. The molecule has 84 valence electrons. The Morgan fingerprint density at radius 3 is 2.60 bits per heavy atom. The fourth-order valence-electron chi connectivity index (χ4n) is 2.00. The summed E-state index contributed by atoms with van der Waals surface area (Å²) in [5.41, 5.74) is 0. The molecule has 0 spiro atoms. The average molecular weight is 209 g/mol. The summed E-state index contributed by atoms with van der Waals surface area (Å²) >= 11 is 0. The minimum atomic E-state index is -0.164. The van der Waals surface area contributed by atoms with Gasteiger partial charge in [-0.15, -0.1) is 0 Å². The molecular weight excluding hydrogens is 190 g/mol. The summed E-state index contributed by atoms with van der Waals surface area (Å²) in [4.78, 5) is 22.4. The van der Waals surface area contributed by atoms with Gasteiger partial charge in [-0.1, -0.05) is 19.4 Å². The number of Topliss-reactive ketones (excluding diaryl/α,β-unsaturated/α-hetero) is 1. The number of hydrogen-bond acceptors (Lipinski definition) is 2. The van der Waals surface area contributed by atoms with Gasteiger partial charge in [-0.2, -0.15) is 0 Å². The summed E-state index contributed by atoms with van der Waals surface area (Å²) in [5.74, 6) is 0.517. The Kier molecular flexibility index (Phi) is 5.08. The van der Waals surface area contributed by atoms with Crippen LogP contribution in [0.5, 0.6) is 0 Å². The molecule has 1 fully saturated rings. The molecule has 0 bridgehead atoms. The molecule has 1 N–H and O–H groups in total. The van der Waals surface area contributed by atoms with E-state index in [0.29, 0.717) is 24.7 Å². The van der Waals surface area contributed by atoms with E-state index in [4.69, 9.17) is 0 Å². The smallest absolute Gasteiger partial charge is 0.243 e. The zero-order valence-corrected chi connectivity index (χ0v) is 9.13. The van der Waals surface area contributed by atoms with E-state index in [1.165, 1.54) is 18.9 Å². The van der Waals surface area contributed by atoms with Gasteiger partial charge in [0.1, 0.15) is 5.78 Å². The van der Waals surface area contributed by atoms with Crippen molar-refractivity contribution in [3.8, 4) is 0 Å². The molecule has 15 heavy (non-hydrogen) atoms. The van der Waals surface area contributed by atoms with Gasteiger partial charge in [-0.3, -0.25) is 9.59 Å². The lowest BCUT2D eigenvalue weighted by Gasteiger charge is -2.07. The minimum absolute atomic E-state index is 0.164.